The van der Waals surface area contributed by atoms with Crippen molar-refractivity contribution in [2.75, 3.05) is 13.6 Å². The van der Waals surface area contributed by atoms with Crippen LogP contribution in [0, 0.1) is 5.92 Å². The summed E-state index contributed by atoms with van der Waals surface area (Å²) in [5.41, 5.74) is 5.69. The fourth-order valence-corrected chi connectivity index (χ4v) is 1.35. The predicted octanol–water partition coefficient (Wildman–Crippen LogP) is -0.746. The van der Waals surface area contributed by atoms with E-state index in [1.54, 1.807) is 0 Å². The summed E-state index contributed by atoms with van der Waals surface area (Å²) < 4.78 is 0. The van der Waals surface area contributed by atoms with Crippen molar-refractivity contribution in [2.45, 2.75) is 12.8 Å². The Morgan fingerprint density at radius 2 is 2.43 bits per heavy atom. The summed E-state index contributed by atoms with van der Waals surface area (Å²) in [6.07, 6.45) is 0.406. The molecule has 1 unspecified atom stereocenters. The van der Waals surface area contributed by atoms with Crippen LogP contribution < -0.4 is 5.73 Å². The summed E-state index contributed by atoms with van der Waals surface area (Å²) in [4.78, 5) is 21.9. The van der Waals surface area contributed by atoms with Crippen LogP contribution in [0.25, 0.3) is 0 Å². The molecule has 0 bridgehead atoms. The molecule has 1 amide bonds. The molecule has 1 aliphatic heterocycles. The van der Waals surface area contributed by atoms with Gasteiger partial charge in [0, 0.05) is 7.05 Å². The topological polar surface area (TPSA) is 96.0 Å². The van der Waals surface area contributed by atoms with E-state index in [0.29, 0.717) is 12.1 Å². The Bertz CT molecular complexity index is 288. The van der Waals surface area contributed by atoms with Crippen LogP contribution in [0.15, 0.2) is 5.10 Å². The highest BCUT2D eigenvalue weighted by Crippen LogP contribution is 2.15. The average Bonchev–Trinajstić information content (AvgIpc) is 2.42. The van der Waals surface area contributed by atoms with Crippen molar-refractivity contribution in [1.82, 2.24) is 5.01 Å². The van der Waals surface area contributed by atoms with Crippen LogP contribution in [0.3, 0.4) is 0 Å². The molecule has 0 aromatic rings. The molecule has 78 valence electrons. The third-order valence-corrected chi connectivity index (χ3v) is 2.13. The van der Waals surface area contributed by atoms with Gasteiger partial charge in [-0.3, -0.25) is 9.59 Å². The quantitative estimate of drug-likeness (QED) is 0.622. The van der Waals surface area contributed by atoms with E-state index < -0.39 is 11.9 Å². The van der Waals surface area contributed by atoms with Crippen molar-refractivity contribution in [1.29, 1.82) is 0 Å². The standard InChI is InChI=1S/C8H13N3O3/c1-11-7(12)4-6(10-11)5(2-3-9)8(13)14/h5H,2-4,9H2,1H3,(H,13,14). The first kappa shape index (κ1) is 10.6. The van der Waals surface area contributed by atoms with Crippen LogP contribution in [0.4, 0.5) is 0 Å². The minimum absolute atomic E-state index is 0.0907. The molecule has 3 N–H and O–H groups in total. The van der Waals surface area contributed by atoms with Gasteiger partial charge in [0.15, 0.2) is 0 Å². The van der Waals surface area contributed by atoms with Crippen molar-refractivity contribution in [2.24, 2.45) is 16.8 Å². The fraction of sp³-hybridized carbons (Fsp3) is 0.625. The minimum atomic E-state index is -0.975. The second kappa shape index (κ2) is 4.19. The highest BCUT2D eigenvalue weighted by atomic mass is 16.4. The Morgan fingerprint density at radius 1 is 1.79 bits per heavy atom. The first-order valence-electron chi connectivity index (χ1n) is 4.33. The minimum Gasteiger partial charge on any atom is -0.481 e. The number of hydrogen-bond acceptors (Lipinski definition) is 4. The van der Waals surface area contributed by atoms with Crippen molar-refractivity contribution in [3.05, 3.63) is 0 Å². The van der Waals surface area contributed by atoms with Crippen molar-refractivity contribution in [3.63, 3.8) is 0 Å². The molecule has 1 rings (SSSR count). The number of amides is 1. The highest BCUT2D eigenvalue weighted by molar-refractivity contribution is 6.12. The van der Waals surface area contributed by atoms with Gasteiger partial charge in [0.05, 0.1) is 18.1 Å². The zero-order valence-electron chi connectivity index (χ0n) is 7.93. The summed E-state index contributed by atoms with van der Waals surface area (Å²) in [5, 5.41) is 13.9. The van der Waals surface area contributed by atoms with Crippen molar-refractivity contribution < 1.29 is 14.7 Å². The molecule has 0 saturated heterocycles. The number of carbonyl (C=O) groups excluding carboxylic acids is 1. The van der Waals surface area contributed by atoms with Crippen molar-refractivity contribution >= 4 is 17.6 Å². The predicted molar refractivity (Wildman–Crippen MR) is 49.6 cm³/mol. The number of nitrogens with zero attached hydrogens (tertiary/aromatic N) is 2. The number of hydrogen-bond donors (Lipinski definition) is 2. The van der Waals surface area contributed by atoms with Crippen LogP contribution in [0.1, 0.15) is 12.8 Å². The SMILES string of the molecule is CN1N=C(C(CCN)C(=O)O)CC1=O. The fourth-order valence-electron chi connectivity index (χ4n) is 1.35. The molecular formula is C8H13N3O3. The molecule has 0 fully saturated rings. The number of hydrazone groups is 1. The Hall–Kier alpha value is -1.43. The summed E-state index contributed by atoms with van der Waals surface area (Å²) >= 11 is 0. The molecule has 1 atom stereocenters. The summed E-state index contributed by atoms with van der Waals surface area (Å²) in [6, 6.07) is 0. The molecular weight excluding hydrogens is 186 g/mol. The normalized spacial score (nSPS) is 18.3. The van der Waals surface area contributed by atoms with E-state index in [1.807, 2.05) is 0 Å². The first-order valence-corrected chi connectivity index (χ1v) is 4.33. The number of nitrogens with two attached hydrogens (primary N) is 1. The van der Waals surface area contributed by atoms with Gasteiger partial charge < -0.3 is 10.8 Å². The second-order valence-corrected chi connectivity index (χ2v) is 3.15. The van der Waals surface area contributed by atoms with Gasteiger partial charge in [-0.1, -0.05) is 0 Å². The molecule has 0 aliphatic carbocycles. The van der Waals surface area contributed by atoms with E-state index in [9.17, 15) is 9.59 Å². The largest absolute Gasteiger partial charge is 0.481 e. The molecule has 1 heterocycles. The maximum Gasteiger partial charge on any atom is 0.312 e. The molecule has 1 aliphatic rings. The Labute approximate surface area is 81.4 Å². The van der Waals surface area contributed by atoms with Gasteiger partial charge in [0.1, 0.15) is 0 Å². The lowest BCUT2D eigenvalue weighted by atomic mass is 9.97. The van der Waals surface area contributed by atoms with Crippen LogP contribution in [-0.4, -0.2) is 41.3 Å². The van der Waals surface area contributed by atoms with Gasteiger partial charge in [0.25, 0.3) is 0 Å². The van der Waals surface area contributed by atoms with Crippen LogP contribution in [0.2, 0.25) is 0 Å². The van der Waals surface area contributed by atoms with Gasteiger partial charge in [-0.05, 0) is 13.0 Å². The van der Waals surface area contributed by atoms with E-state index >= 15 is 0 Å². The number of carboxylic acids is 1. The second-order valence-electron chi connectivity index (χ2n) is 3.15. The number of carbonyl (C=O) groups is 2. The molecule has 14 heavy (non-hydrogen) atoms. The lowest BCUT2D eigenvalue weighted by Gasteiger charge is -2.08. The molecule has 0 radical (unpaired) electrons. The molecule has 6 nitrogen and oxygen atoms in total. The summed E-state index contributed by atoms with van der Waals surface area (Å²) in [7, 11) is 1.51. The van der Waals surface area contributed by atoms with Gasteiger partial charge >= 0.3 is 5.97 Å². The van der Waals surface area contributed by atoms with E-state index in [2.05, 4.69) is 5.10 Å². The van der Waals surface area contributed by atoms with Crippen LogP contribution in [0.5, 0.6) is 0 Å². The number of aliphatic carboxylic acids is 1. The van der Waals surface area contributed by atoms with Crippen LogP contribution in [-0.2, 0) is 9.59 Å². The third-order valence-electron chi connectivity index (χ3n) is 2.13. The Kier molecular flexibility index (Phi) is 3.19. The van der Waals surface area contributed by atoms with Crippen molar-refractivity contribution in [3.8, 4) is 0 Å². The van der Waals surface area contributed by atoms with E-state index in [4.69, 9.17) is 10.8 Å². The number of carboxylic acid groups (broad SMARTS) is 1. The van der Waals surface area contributed by atoms with Gasteiger partial charge in [-0.2, -0.15) is 5.10 Å². The highest BCUT2D eigenvalue weighted by Gasteiger charge is 2.30. The van der Waals surface area contributed by atoms with Gasteiger partial charge in [-0.15, -0.1) is 0 Å². The average molecular weight is 199 g/mol. The van der Waals surface area contributed by atoms with Gasteiger partial charge in [0.2, 0.25) is 5.91 Å². The van der Waals surface area contributed by atoms with Crippen LogP contribution >= 0.6 is 0 Å². The maximum atomic E-state index is 11.1. The van der Waals surface area contributed by atoms with E-state index in [-0.39, 0.29) is 18.9 Å². The van der Waals surface area contributed by atoms with Gasteiger partial charge in [-0.25, -0.2) is 5.01 Å². The molecule has 0 aromatic carbocycles. The molecule has 0 aromatic heterocycles. The Balaban J connectivity index is 2.75. The number of rotatable bonds is 4. The summed E-state index contributed by atoms with van der Waals surface area (Å²) in [5.74, 6) is -1.88. The molecule has 0 spiro atoms. The van der Waals surface area contributed by atoms with E-state index in [0.717, 1.165) is 0 Å². The lowest BCUT2D eigenvalue weighted by Crippen LogP contribution is -2.25. The molecule has 6 heteroatoms. The molecule has 0 saturated carbocycles. The zero-order chi connectivity index (χ0) is 10.7. The van der Waals surface area contributed by atoms with E-state index in [1.165, 1.54) is 12.1 Å². The monoisotopic (exact) mass is 199 g/mol. The third kappa shape index (κ3) is 2.08. The smallest absolute Gasteiger partial charge is 0.312 e. The summed E-state index contributed by atoms with van der Waals surface area (Å²) in [6.45, 7) is 0.272. The zero-order valence-corrected chi connectivity index (χ0v) is 7.93. The maximum absolute atomic E-state index is 11.1. The lowest BCUT2D eigenvalue weighted by molar-refractivity contribution is -0.139. The Morgan fingerprint density at radius 3 is 2.79 bits per heavy atom. The first-order chi connectivity index (χ1) is 6.56.